The topological polar surface area (TPSA) is 71.3 Å². The maximum absolute atomic E-state index is 12.2. The second kappa shape index (κ2) is 11.1. The van der Waals surface area contributed by atoms with Crippen LogP contribution in [0, 0.1) is 11.3 Å². The van der Waals surface area contributed by atoms with Crippen LogP contribution in [0.3, 0.4) is 0 Å². The lowest BCUT2D eigenvalue weighted by Crippen LogP contribution is -2.23. The molecule has 0 radical (unpaired) electrons. The molecule has 3 rings (SSSR count). The molecule has 0 bridgehead atoms. The van der Waals surface area contributed by atoms with Crippen LogP contribution in [0.1, 0.15) is 10.4 Å². The molecule has 1 aromatic heterocycles. The van der Waals surface area contributed by atoms with Gasteiger partial charge in [-0.1, -0.05) is 29.8 Å². The second-order valence-corrected chi connectivity index (χ2v) is 7.62. The number of nitrogens with zero attached hydrogens (tertiary/aromatic N) is 1. The van der Waals surface area contributed by atoms with Crippen LogP contribution in [0.15, 0.2) is 71.6 Å². The van der Waals surface area contributed by atoms with Crippen molar-refractivity contribution in [2.75, 3.05) is 13.2 Å². The van der Waals surface area contributed by atoms with Crippen LogP contribution < -0.4 is 14.8 Å². The third-order valence-electron chi connectivity index (χ3n) is 3.99. The van der Waals surface area contributed by atoms with E-state index in [0.29, 0.717) is 30.5 Å². The van der Waals surface area contributed by atoms with Gasteiger partial charge in [-0.05, 0) is 59.5 Å². The molecule has 3 aromatic rings. The summed E-state index contributed by atoms with van der Waals surface area (Å²) in [4.78, 5) is 13.2. The van der Waals surface area contributed by atoms with Gasteiger partial charge in [-0.2, -0.15) is 5.26 Å². The highest BCUT2D eigenvalue weighted by Gasteiger charge is 2.09. The van der Waals surface area contributed by atoms with Gasteiger partial charge in [0.1, 0.15) is 36.4 Å². The summed E-state index contributed by atoms with van der Waals surface area (Å²) in [6, 6.07) is 20.1. The summed E-state index contributed by atoms with van der Waals surface area (Å²) < 4.78 is 11.2. The molecule has 0 aliphatic carbocycles. The summed E-state index contributed by atoms with van der Waals surface area (Å²) in [5.41, 5.74) is 0.791. The van der Waals surface area contributed by atoms with Gasteiger partial charge in [0.15, 0.2) is 0 Å². The molecule has 0 unspecified atom stereocenters. The number of thiophene rings is 1. The largest absolute Gasteiger partial charge is 0.490 e. The van der Waals surface area contributed by atoms with Gasteiger partial charge < -0.3 is 14.8 Å². The maximum Gasteiger partial charge on any atom is 0.262 e. The maximum atomic E-state index is 12.2. The van der Waals surface area contributed by atoms with E-state index in [1.54, 1.807) is 65.9 Å². The van der Waals surface area contributed by atoms with E-state index in [1.807, 2.05) is 23.6 Å². The molecule has 0 saturated heterocycles. The standard InChI is InChI=1S/C23H19ClN2O3S/c24-19-5-9-21(10-6-19)29-12-11-28-20-7-3-17(4-8-20)14-18(15-25)23(27)26-16-22-2-1-13-30-22/h1-10,13-14H,11-12,16H2,(H,26,27)/b18-14+. The van der Waals surface area contributed by atoms with E-state index in [2.05, 4.69) is 5.32 Å². The van der Waals surface area contributed by atoms with Crippen molar-refractivity contribution >= 4 is 34.9 Å². The summed E-state index contributed by atoms with van der Waals surface area (Å²) in [6.07, 6.45) is 1.55. The van der Waals surface area contributed by atoms with Crippen molar-refractivity contribution in [1.82, 2.24) is 5.32 Å². The summed E-state index contributed by atoms with van der Waals surface area (Å²) >= 11 is 7.39. The number of benzene rings is 2. The molecule has 7 heteroatoms. The van der Waals surface area contributed by atoms with Crippen LogP contribution in [0.5, 0.6) is 11.5 Å². The second-order valence-electron chi connectivity index (χ2n) is 6.15. The first-order valence-electron chi connectivity index (χ1n) is 9.17. The third-order valence-corrected chi connectivity index (χ3v) is 5.12. The van der Waals surface area contributed by atoms with Gasteiger partial charge in [0.05, 0.1) is 6.54 Å². The molecule has 5 nitrogen and oxygen atoms in total. The zero-order chi connectivity index (χ0) is 21.2. The van der Waals surface area contributed by atoms with Crippen molar-refractivity contribution in [1.29, 1.82) is 5.26 Å². The molecular weight excluding hydrogens is 420 g/mol. The minimum absolute atomic E-state index is 0.0524. The Hall–Kier alpha value is -3.27. The monoisotopic (exact) mass is 438 g/mol. The Morgan fingerprint density at radius 3 is 2.23 bits per heavy atom. The molecule has 0 atom stereocenters. The molecule has 0 aliphatic rings. The number of nitrogens with one attached hydrogen (secondary N) is 1. The Bertz CT molecular complexity index is 1020. The zero-order valence-electron chi connectivity index (χ0n) is 16.0. The molecule has 0 fully saturated rings. The summed E-state index contributed by atoms with van der Waals surface area (Å²) in [6.45, 7) is 1.18. The van der Waals surface area contributed by atoms with Gasteiger partial charge in [-0.15, -0.1) is 11.3 Å². The Morgan fingerprint density at radius 2 is 1.67 bits per heavy atom. The molecule has 30 heavy (non-hydrogen) atoms. The lowest BCUT2D eigenvalue weighted by Gasteiger charge is -2.08. The minimum Gasteiger partial charge on any atom is -0.490 e. The van der Waals surface area contributed by atoms with Gasteiger partial charge in [0, 0.05) is 9.90 Å². The average molecular weight is 439 g/mol. The number of rotatable bonds is 9. The van der Waals surface area contributed by atoms with Crippen LogP contribution in [0.25, 0.3) is 6.08 Å². The van der Waals surface area contributed by atoms with E-state index in [9.17, 15) is 10.1 Å². The highest BCUT2D eigenvalue weighted by molar-refractivity contribution is 7.09. The number of nitriles is 1. The predicted molar refractivity (Wildman–Crippen MR) is 119 cm³/mol. The van der Waals surface area contributed by atoms with Gasteiger partial charge in [0.2, 0.25) is 0 Å². The fourth-order valence-corrected chi connectivity index (χ4v) is 3.27. The van der Waals surface area contributed by atoms with Crippen molar-refractivity contribution in [2.45, 2.75) is 6.54 Å². The number of hydrogen-bond donors (Lipinski definition) is 1. The van der Waals surface area contributed by atoms with E-state index in [1.165, 1.54) is 0 Å². The fraction of sp³-hybridized carbons (Fsp3) is 0.130. The normalized spacial score (nSPS) is 10.9. The van der Waals surface area contributed by atoms with E-state index < -0.39 is 5.91 Å². The Kier molecular flexibility index (Phi) is 7.90. The molecule has 0 aliphatic heterocycles. The molecule has 152 valence electrons. The van der Waals surface area contributed by atoms with Crippen LogP contribution in [-0.2, 0) is 11.3 Å². The van der Waals surface area contributed by atoms with E-state index in [4.69, 9.17) is 21.1 Å². The molecule has 1 amide bonds. The smallest absolute Gasteiger partial charge is 0.262 e. The number of carbonyl (C=O) groups is 1. The van der Waals surface area contributed by atoms with Gasteiger partial charge in [0.25, 0.3) is 5.91 Å². The van der Waals surface area contributed by atoms with Gasteiger partial charge in [-0.25, -0.2) is 0 Å². The van der Waals surface area contributed by atoms with E-state index in [-0.39, 0.29) is 5.57 Å². The van der Waals surface area contributed by atoms with Crippen molar-refractivity contribution in [3.8, 4) is 17.6 Å². The summed E-state index contributed by atoms with van der Waals surface area (Å²) in [5.74, 6) is 1.00. The first-order valence-corrected chi connectivity index (χ1v) is 10.4. The van der Waals surface area contributed by atoms with Crippen LogP contribution in [0.4, 0.5) is 0 Å². The Balaban J connectivity index is 1.47. The highest BCUT2D eigenvalue weighted by Crippen LogP contribution is 2.17. The number of amides is 1. The SMILES string of the molecule is N#C/C(=C\c1ccc(OCCOc2ccc(Cl)cc2)cc1)C(=O)NCc1cccs1. The first kappa shape index (κ1) is 21.4. The van der Waals surface area contributed by atoms with Gasteiger partial charge >= 0.3 is 0 Å². The van der Waals surface area contributed by atoms with Crippen LogP contribution in [-0.4, -0.2) is 19.1 Å². The van der Waals surface area contributed by atoms with Crippen molar-refractivity contribution in [3.63, 3.8) is 0 Å². The fourth-order valence-electron chi connectivity index (χ4n) is 2.50. The molecule has 0 saturated carbocycles. The highest BCUT2D eigenvalue weighted by atomic mass is 35.5. The first-order chi connectivity index (χ1) is 14.6. The number of halogens is 1. The molecule has 2 aromatic carbocycles. The molecule has 1 heterocycles. The number of carbonyl (C=O) groups excluding carboxylic acids is 1. The predicted octanol–water partition coefficient (Wildman–Crippen LogP) is 5.08. The lowest BCUT2D eigenvalue weighted by molar-refractivity contribution is -0.117. The van der Waals surface area contributed by atoms with Crippen molar-refractivity contribution in [3.05, 3.63) is 87.1 Å². The Labute approximate surface area is 184 Å². The van der Waals surface area contributed by atoms with E-state index in [0.717, 1.165) is 16.2 Å². The number of hydrogen-bond acceptors (Lipinski definition) is 5. The number of ether oxygens (including phenoxy) is 2. The van der Waals surface area contributed by atoms with Crippen LogP contribution >= 0.6 is 22.9 Å². The lowest BCUT2D eigenvalue weighted by atomic mass is 10.1. The zero-order valence-corrected chi connectivity index (χ0v) is 17.6. The molecule has 1 N–H and O–H groups in total. The minimum atomic E-state index is -0.398. The van der Waals surface area contributed by atoms with Crippen molar-refractivity contribution < 1.29 is 14.3 Å². The van der Waals surface area contributed by atoms with Crippen molar-refractivity contribution in [2.24, 2.45) is 0 Å². The Morgan fingerprint density at radius 1 is 1.03 bits per heavy atom. The summed E-state index contributed by atoms with van der Waals surface area (Å²) in [5, 5.41) is 14.7. The quantitative estimate of drug-likeness (QED) is 0.287. The average Bonchev–Trinajstić information content (AvgIpc) is 3.29. The van der Waals surface area contributed by atoms with Crippen LogP contribution in [0.2, 0.25) is 5.02 Å². The summed E-state index contributed by atoms with van der Waals surface area (Å²) in [7, 11) is 0. The van der Waals surface area contributed by atoms with Gasteiger partial charge in [-0.3, -0.25) is 4.79 Å². The van der Waals surface area contributed by atoms with E-state index >= 15 is 0 Å². The molecule has 0 spiro atoms. The third kappa shape index (κ3) is 6.66. The molecular formula is C23H19ClN2O3S.